The Labute approximate surface area is 112 Å². The molecule has 2 heteroatoms. The van der Waals surface area contributed by atoms with Gasteiger partial charge in [0.05, 0.1) is 6.61 Å². The fraction of sp³-hybridized carbons (Fsp3) is 0.600. The first-order valence-corrected chi connectivity index (χ1v) is 7.53. The van der Waals surface area contributed by atoms with E-state index >= 15 is 0 Å². The molecular weight excluding hydrogens is 276 g/mol. The maximum atomic E-state index is 5.77. The van der Waals surface area contributed by atoms with Gasteiger partial charge in [-0.15, -0.1) is 0 Å². The first-order valence-electron chi connectivity index (χ1n) is 6.61. The molecule has 3 rings (SSSR count). The summed E-state index contributed by atoms with van der Waals surface area (Å²) in [5.41, 5.74) is 1.43. The third-order valence-electron chi connectivity index (χ3n) is 4.51. The zero-order chi connectivity index (χ0) is 11.8. The van der Waals surface area contributed by atoms with Crippen molar-refractivity contribution in [3.63, 3.8) is 0 Å². The van der Waals surface area contributed by atoms with Crippen molar-refractivity contribution in [3.05, 3.63) is 29.8 Å². The lowest BCUT2D eigenvalue weighted by molar-refractivity contribution is 0.290. The SMILES string of the molecule is CC1C(Br)CCC1CC1COc2ccccc21. The van der Waals surface area contributed by atoms with Crippen LogP contribution in [0, 0.1) is 11.8 Å². The second-order valence-corrected chi connectivity index (χ2v) is 6.67. The van der Waals surface area contributed by atoms with Crippen LogP contribution in [0.15, 0.2) is 24.3 Å². The number of fused-ring (bicyclic) bond motifs is 1. The van der Waals surface area contributed by atoms with Crippen LogP contribution in [0.2, 0.25) is 0 Å². The number of rotatable bonds is 2. The van der Waals surface area contributed by atoms with E-state index in [9.17, 15) is 0 Å². The molecule has 0 aromatic heterocycles. The van der Waals surface area contributed by atoms with Gasteiger partial charge in [0.1, 0.15) is 5.75 Å². The summed E-state index contributed by atoms with van der Waals surface area (Å²) in [6, 6.07) is 8.53. The van der Waals surface area contributed by atoms with Crippen molar-refractivity contribution in [2.24, 2.45) is 11.8 Å². The van der Waals surface area contributed by atoms with E-state index in [-0.39, 0.29) is 0 Å². The van der Waals surface area contributed by atoms with Gasteiger partial charge in [-0.2, -0.15) is 0 Å². The fourth-order valence-electron chi connectivity index (χ4n) is 3.32. The number of para-hydroxylation sites is 1. The molecule has 1 aliphatic heterocycles. The van der Waals surface area contributed by atoms with Crippen molar-refractivity contribution < 1.29 is 4.74 Å². The van der Waals surface area contributed by atoms with Gasteiger partial charge in [-0.25, -0.2) is 0 Å². The molecular formula is C15H19BrO. The highest BCUT2D eigenvalue weighted by Crippen LogP contribution is 2.44. The Bertz CT molecular complexity index is 404. The largest absolute Gasteiger partial charge is 0.493 e. The third kappa shape index (κ3) is 2.12. The van der Waals surface area contributed by atoms with Crippen LogP contribution < -0.4 is 4.74 Å². The second kappa shape index (κ2) is 4.64. The van der Waals surface area contributed by atoms with Crippen LogP contribution in [0.25, 0.3) is 0 Å². The van der Waals surface area contributed by atoms with Crippen LogP contribution in [0.1, 0.15) is 37.7 Å². The van der Waals surface area contributed by atoms with Gasteiger partial charge < -0.3 is 4.74 Å². The van der Waals surface area contributed by atoms with Crippen molar-refractivity contribution in [2.45, 2.75) is 36.9 Å². The van der Waals surface area contributed by atoms with Gasteiger partial charge >= 0.3 is 0 Å². The number of alkyl halides is 1. The first-order chi connectivity index (χ1) is 8.25. The van der Waals surface area contributed by atoms with Gasteiger partial charge in [-0.1, -0.05) is 41.1 Å². The molecule has 1 heterocycles. The lowest BCUT2D eigenvalue weighted by Gasteiger charge is -2.20. The molecule has 1 saturated carbocycles. The van der Waals surface area contributed by atoms with Crippen molar-refractivity contribution in [3.8, 4) is 5.75 Å². The minimum atomic E-state index is 0.622. The van der Waals surface area contributed by atoms with E-state index in [1.54, 1.807) is 0 Å². The zero-order valence-corrected chi connectivity index (χ0v) is 11.8. The lowest BCUT2D eigenvalue weighted by Crippen LogP contribution is -2.14. The Morgan fingerprint density at radius 2 is 2.12 bits per heavy atom. The highest BCUT2D eigenvalue weighted by Gasteiger charge is 2.35. The molecule has 17 heavy (non-hydrogen) atoms. The number of benzene rings is 1. The molecule has 92 valence electrons. The highest BCUT2D eigenvalue weighted by molar-refractivity contribution is 9.09. The van der Waals surface area contributed by atoms with Crippen LogP contribution in [0.4, 0.5) is 0 Å². The molecule has 0 bridgehead atoms. The van der Waals surface area contributed by atoms with E-state index in [0.29, 0.717) is 5.92 Å². The summed E-state index contributed by atoms with van der Waals surface area (Å²) in [5, 5.41) is 0. The molecule has 1 aliphatic carbocycles. The maximum absolute atomic E-state index is 5.77. The summed E-state index contributed by atoms with van der Waals surface area (Å²) in [6.45, 7) is 3.27. The van der Waals surface area contributed by atoms with Gasteiger partial charge in [0.15, 0.2) is 0 Å². The topological polar surface area (TPSA) is 9.23 Å². The molecule has 0 radical (unpaired) electrons. The molecule has 0 saturated heterocycles. The van der Waals surface area contributed by atoms with Crippen LogP contribution in [-0.2, 0) is 0 Å². The minimum Gasteiger partial charge on any atom is -0.493 e. The molecule has 4 unspecified atom stereocenters. The van der Waals surface area contributed by atoms with Crippen molar-refractivity contribution >= 4 is 15.9 Å². The summed E-state index contributed by atoms with van der Waals surface area (Å²) in [6.07, 6.45) is 4.00. The quantitative estimate of drug-likeness (QED) is 0.736. The zero-order valence-electron chi connectivity index (χ0n) is 10.2. The summed E-state index contributed by atoms with van der Waals surface area (Å²) in [5.74, 6) is 3.40. The van der Waals surface area contributed by atoms with Crippen molar-refractivity contribution in [1.82, 2.24) is 0 Å². The van der Waals surface area contributed by atoms with Crippen LogP contribution >= 0.6 is 15.9 Å². The van der Waals surface area contributed by atoms with E-state index in [4.69, 9.17) is 4.74 Å². The average molecular weight is 295 g/mol. The molecule has 1 nitrogen and oxygen atoms in total. The standard InChI is InChI=1S/C15H19BrO/c1-10-11(6-7-14(10)16)8-12-9-17-15-5-3-2-4-13(12)15/h2-5,10-12,14H,6-9H2,1H3. The van der Waals surface area contributed by atoms with Crippen LogP contribution in [0.3, 0.4) is 0 Å². The number of hydrogen-bond acceptors (Lipinski definition) is 1. The van der Waals surface area contributed by atoms with Crippen molar-refractivity contribution in [2.75, 3.05) is 6.61 Å². The molecule has 4 atom stereocenters. The smallest absolute Gasteiger partial charge is 0.122 e. The van der Waals surface area contributed by atoms with Crippen molar-refractivity contribution in [1.29, 1.82) is 0 Å². The van der Waals surface area contributed by atoms with Gasteiger partial charge in [-0.05, 0) is 37.2 Å². The van der Waals surface area contributed by atoms with Crippen LogP contribution in [0.5, 0.6) is 5.75 Å². The third-order valence-corrected chi connectivity index (χ3v) is 5.81. The molecule has 1 fully saturated rings. The summed E-state index contributed by atoms with van der Waals surface area (Å²) in [4.78, 5) is 0.727. The average Bonchev–Trinajstić information content (AvgIpc) is 2.89. The van der Waals surface area contributed by atoms with Gasteiger partial charge in [0, 0.05) is 16.3 Å². The molecule has 1 aromatic rings. The monoisotopic (exact) mass is 294 g/mol. The number of hydrogen-bond donors (Lipinski definition) is 0. The Morgan fingerprint density at radius 3 is 2.88 bits per heavy atom. The molecule has 0 N–H and O–H groups in total. The predicted molar refractivity (Wildman–Crippen MR) is 73.9 cm³/mol. The first kappa shape index (κ1) is 11.6. The fourth-order valence-corrected chi connectivity index (χ4v) is 4.01. The van der Waals surface area contributed by atoms with E-state index < -0.39 is 0 Å². The maximum Gasteiger partial charge on any atom is 0.122 e. The molecule has 0 amide bonds. The second-order valence-electron chi connectivity index (χ2n) is 5.49. The Balaban J connectivity index is 1.72. The Hall–Kier alpha value is -0.500. The molecule has 1 aromatic carbocycles. The number of ether oxygens (including phenoxy) is 1. The van der Waals surface area contributed by atoms with Gasteiger partial charge in [0.25, 0.3) is 0 Å². The number of halogens is 1. The Morgan fingerprint density at radius 1 is 1.29 bits per heavy atom. The van der Waals surface area contributed by atoms with E-state index in [0.717, 1.165) is 29.0 Å². The predicted octanol–water partition coefficient (Wildman–Crippen LogP) is 4.36. The van der Waals surface area contributed by atoms with Gasteiger partial charge in [-0.3, -0.25) is 0 Å². The van der Waals surface area contributed by atoms with E-state index in [1.807, 2.05) is 0 Å². The normalized spacial score (nSPS) is 35.6. The van der Waals surface area contributed by atoms with Crippen LogP contribution in [-0.4, -0.2) is 11.4 Å². The van der Waals surface area contributed by atoms with Gasteiger partial charge in [0.2, 0.25) is 0 Å². The summed E-state index contributed by atoms with van der Waals surface area (Å²) >= 11 is 3.79. The molecule has 2 aliphatic rings. The Kier molecular flexibility index (Phi) is 3.16. The lowest BCUT2D eigenvalue weighted by atomic mass is 9.85. The summed E-state index contributed by atoms with van der Waals surface area (Å²) in [7, 11) is 0. The van der Waals surface area contributed by atoms with E-state index in [2.05, 4.69) is 47.1 Å². The highest BCUT2D eigenvalue weighted by atomic mass is 79.9. The van der Waals surface area contributed by atoms with E-state index in [1.165, 1.54) is 24.8 Å². The molecule has 0 spiro atoms. The minimum absolute atomic E-state index is 0.622. The summed E-state index contributed by atoms with van der Waals surface area (Å²) < 4.78 is 5.77.